The fourth-order valence-corrected chi connectivity index (χ4v) is 1.40. The summed E-state index contributed by atoms with van der Waals surface area (Å²) >= 11 is 0. The van der Waals surface area contributed by atoms with Crippen molar-refractivity contribution in [1.82, 2.24) is 15.1 Å². The first-order valence-corrected chi connectivity index (χ1v) is 5.61. The minimum atomic E-state index is -0.0293. The summed E-state index contributed by atoms with van der Waals surface area (Å²) in [6, 6.07) is -0.0293. The Labute approximate surface area is 96.0 Å². The number of hydrogen-bond acceptors (Lipinski definition) is 3. The summed E-state index contributed by atoms with van der Waals surface area (Å²) in [6.45, 7) is 2.62. The van der Waals surface area contributed by atoms with Crippen molar-refractivity contribution in [2.24, 2.45) is 12.8 Å². The molecule has 5 nitrogen and oxygen atoms in total. The minimum Gasteiger partial charge on any atom is -0.356 e. The van der Waals surface area contributed by atoms with Gasteiger partial charge >= 0.3 is 0 Å². The van der Waals surface area contributed by atoms with Gasteiger partial charge in [0.1, 0.15) is 0 Å². The van der Waals surface area contributed by atoms with E-state index in [2.05, 4.69) is 10.4 Å². The van der Waals surface area contributed by atoms with Crippen LogP contribution in [0.3, 0.4) is 0 Å². The van der Waals surface area contributed by atoms with Crippen molar-refractivity contribution >= 4 is 5.91 Å². The number of aryl methyl sites for hydroxylation is 1. The predicted octanol–water partition coefficient (Wildman–Crippen LogP) is 0.206. The highest BCUT2D eigenvalue weighted by Crippen LogP contribution is 1.97. The van der Waals surface area contributed by atoms with Crippen molar-refractivity contribution in [3.05, 3.63) is 18.0 Å². The van der Waals surface area contributed by atoms with Crippen LogP contribution in [-0.4, -0.2) is 28.3 Å². The highest BCUT2D eigenvalue weighted by Gasteiger charge is 2.06. The Morgan fingerprint density at radius 1 is 1.69 bits per heavy atom. The lowest BCUT2D eigenvalue weighted by Crippen LogP contribution is -2.32. The molecule has 0 aromatic carbocycles. The predicted molar refractivity (Wildman–Crippen MR) is 62.8 cm³/mol. The highest BCUT2D eigenvalue weighted by atomic mass is 16.1. The number of rotatable bonds is 6. The van der Waals surface area contributed by atoms with Gasteiger partial charge in [-0.2, -0.15) is 5.10 Å². The van der Waals surface area contributed by atoms with Crippen LogP contribution in [0.4, 0.5) is 0 Å². The Morgan fingerprint density at radius 3 is 3.00 bits per heavy atom. The second-order valence-electron chi connectivity index (χ2n) is 3.99. The smallest absolute Gasteiger partial charge is 0.221 e. The fraction of sp³-hybridized carbons (Fsp3) is 0.636. The standard InChI is InChI=1S/C11H20N4O/c1-3-10(12)6-11(16)13-5-4-9-7-14-15(2)8-9/h7-8,10H,3-6,12H2,1-2H3,(H,13,16). The Morgan fingerprint density at radius 2 is 2.44 bits per heavy atom. The van der Waals surface area contributed by atoms with Crippen LogP contribution in [0, 0.1) is 0 Å². The molecule has 0 spiro atoms. The summed E-state index contributed by atoms with van der Waals surface area (Å²) in [6.07, 6.45) is 5.80. The molecule has 0 bridgehead atoms. The summed E-state index contributed by atoms with van der Waals surface area (Å²) in [5.41, 5.74) is 6.81. The third kappa shape index (κ3) is 4.44. The molecule has 0 fully saturated rings. The van der Waals surface area contributed by atoms with Crippen LogP contribution >= 0.6 is 0 Å². The SMILES string of the molecule is CCC(N)CC(=O)NCCc1cnn(C)c1. The van der Waals surface area contributed by atoms with Crippen LogP contribution in [0.2, 0.25) is 0 Å². The van der Waals surface area contributed by atoms with E-state index in [-0.39, 0.29) is 11.9 Å². The van der Waals surface area contributed by atoms with Crippen molar-refractivity contribution in [1.29, 1.82) is 0 Å². The normalized spacial score (nSPS) is 12.4. The molecule has 1 rings (SSSR count). The van der Waals surface area contributed by atoms with Crippen molar-refractivity contribution in [2.75, 3.05) is 6.54 Å². The summed E-state index contributed by atoms with van der Waals surface area (Å²) in [4.78, 5) is 11.4. The molecule has 1 aromatic heterocycles. The first kappa shape index (κ1) is 12.7. The van der Waals surface area contributed by atoms with Gasteiger partial charge in [0.05, 0.1) is 6.20 Å². The molecule has 1 amide bonds. The van der Waals surface area contributed by atoms with Crippen molar-refractivity contribution in [3.63, 3.8) is 0 Å². The molecular formula is C11H20N4O. The monoisotopic (exact) mass is 224 g/mol. The lowest BCUT2D eigenvalue weighted by molar-refractivity contribution is -0.121. The minimum absolute atomic E-state index is 0.0261. The molecule has 16 heavy (non-hydrogen) atoms. The average Bonchev–Trinajstić information content (AvgIpc) is 2.64. The molecule has 90 valence electrons. The third-order valence-electron chi connectivity index (χ3n) is 2.47. The van der Waals surface area contributed by atoms with E-state index in [1.54, 1.807) is 4.68 Å². The highest BCUT2D eigenvalue weighted by molar-refractivity contribution is 5.76. The Kier molecular flexibility index (Phi) is 4.98. The Hall–Kier alpha value is -1.36. The molecular weight excluding hydrogens is 204 g/mol. The maximum absolute atomic E-state index is 11.4. The Bertz CT molecular complexity index is 334. The number of nitrogens with one attached hydrogen (secondary N) is 1. The van der Waals surface area contributed by atoms with Crippen molar-refractivity contribution in [2.45, 2.75) is 32.2 Å². The van der Waals surface area contributed by atoms with Gasteiger partial charge in [0.15, 0.2) is 0 Å². The van der Waals surface area contributed by atoms with Crippen LogP contribution in [0.1, 0.15) is 25.3 Å². The maximum Gasteiger partial charge on any atom is 0.221 e. The van der Waals surface area contributed by atoms with Gasteiger partial charge < -0.3 is 11.1 Å². The number of carbonyl (C=O) groups excluding carboxylic acids is 1. The molecule has 1 heterocycles. The molecule has 1 aromatic rings. The zero-order valence-electron chi connectivity index (χ0n) is 9.94. The molecule has 0 saturated carbocycles. The Balaban J connectivity index is 2.18. The summed E-state index contributed by atoms with van der Waals surface area (Å²) in [5.74, 6) is 0.0261. The van der Waals surface area contributed by atoms with E-state index in [1.807, 2.05) is 26.4 Å². The van der Waals surface area contributed by atoms with E-state index < -0.39 is 0 Å². The second kappa shape index (κ2) is 6.27. The van der Waals surface area contributed by atoms with Gasteiger partial charge in [-0.25, -0.2) is 0 Å². The largest absolute Gasteiger partial charge is 0.356 e. The second-order valence-corrected chi connectivity index (χ2v) is 3.99. The van der Waals surface area contributed by atoms with Crippen molar-refractivity contribution in [3.8, 4) is 0 Å². The summed E-state index contributed by atoms with van der Waals surface area (Å²) in [7, 11) is 1.88. The average molecular weight is 224 g/mol. The van der Waals surface area contributed by atoms with Gasteiger partial charge in [0.25, 0.3) is 0 Å². The number of amides is 1. The molecule has 0 aliphatic rings. The number of aromatic nitrogens is 2. The molecule has 3 N–H and O–H groups in total. The molecule has 0 saturated heterocycles. The van der Waals surface area contributed by atoms with E-state index in [1.165, 1.54) is 0 Å². The lowest BCUT2D eigenvalue weighted by Gasteiger charge is -2.08. The van der Waals surface area contributed by atoms with E-state index in [0.717, 1.165) is 18.4 Å². The quantitative estimate of drug-likeness (QED) is 0.725. The summed E-state index contributed by atoms with van der Waals surface area (Å²) in [5, 5.41) is 6.91. The van der Waals surface area contributed by atoms with Crippen LogP contribution in [0.15, 0.2) is 12.4 Å². The van der Waals surface area contributed by atoms with Gasteiger partial charge in [0.2, 0.25) is 5.91 Å². The van der Waals surface area contributed by atoms with Gasteiger partial charge in [-0.05, 0) is 18.4 Å². The first-order valence-electron chi connectivity index (χ1n) is 5.61. The van der Waals surface area contributed by atoms with Crippen LogP contribution in [0.5, 0.6) is 0 Å². The zero-order valence-corrected chi connectivity index (χ0v) is 9.94. The molecule has 0 aliphatic heterocycles. The van der Waals surface area contributed by atoms with Gasteiger partial charge in [-0.15, -0.1) is 0 Å². The van der Waals surface area contributed by atoms with Crippen LogP contribution in [-0.2, 0) is 18.3 Å². The zero-order chi connectivity index (χ0) is 12.0. The number of nitrogens with zero attached hydrogens (tertiary/aromatic N) is 2. The maximum atomic E-state index is 11.4. The first-order chi connectivity index (χ1) is 7.61. The van der Waals surface area contributed by atoms with Gasteiger partial charge in [0, 0.05) is 32.3 Å². The van der Waals surface area contributed by atoms with Crippen LogP contribution < -0.4 is 11.1 Å². The van der Waals surface area contributed by atoms with Gasteiger partial charge in [-0.3, -0.25) is 9.48 Å². The van der Waals surface area contributed by atoms with E-state index in [4.69, 9.17) is 5.73 Å². The topological polar surface area (TPSA) is 72.9 Å². The molecule has 1 unspecified atom stereocenters. The number of carbonyl (C=O) groups is 1. The third-order valence-corrected chi connectivity index (χ3v) is 2.47. The van der Waals surface area contributed by atoms with Gasteiger partial charge in [-0.1, -0.05) is 6.92 Å². The van der Waals surface area contributed by atoms with Crippen molar-refractivity contribution < 1.29 is 4.79 Å². The molecule has 0 aliphatic carbocycles. The lowest BCUT2D eigenvalue weighted by atomic mass is 10.1. The molecule has 1 atom stereocenters. The van der Waals surface area contributed by atoms with E-state index >= 15 is 0 Å². The molecule has 5 heteroatoms. The molecule has 0 radical (unpaired) electrons. The van der Waals surface area contributed by atoms with E-state index in [0.29, 0.717) is 13.0 Å². The summed E-state index contributed by atoms with van der Waals surface area (Å²) < 4.78 is 1.75. The fourth-order valence-electron chi connectivity index (χ4n) is 1.40. The van der Waals surface area contributed by atoms with E-state index in [9.17, 15) is 4.79 Å². The number of nitrogens with two attached hydrogens (primary N) is 1. The number of hydrogen-bond donors (Lipinski definition) is 2. The van der Waals surface area contributed by atoms with Crippen LogP contribution in [0.25, 0.3) is 0 Å².